The van der Waals surface area contributed by atoms with Gasteiger partial charge in [0, 0.05) is 12.1 Å². The molecule has 0 amide bonds. The minimum Gasteiger partial charge on any atom is -0.468 e. The summed E-state index contributed by atoms with van der Waals surface area (Å²) in [6.45, 7) is 7.11. The van der Waals surface area contributed by atoms with Gasteiger partial charge in [-0.05, 0) is 60.0 Å². The van der Waals surface area contributed by atoms with Crippen LogP contribution in [0.3, 0.4) is 0 Å². The largest absolute Gasteiger partial charge is 0.468 e. The molecule has 1 fully saturated rings. The molecular weight excluding hydrogens is 240 g/mol. The lowest BCUT2D eigenvalue weighted by atomic mass is 9.90. The smallest absolute Gasteiger partial charge is 0.325 e. The highest BCUT2D eigenvalue weighted by atomic mass is 16.5. The molecule has 4 nitrogen and oxygen atoms in total. The van der Waals surface area contributed by atoms with Gasteiger partial charge in [-0.3, -0.25) is 10.1 Å². The zero-order chi connectivity index (χ0) is 14.5. The minimum absolute atomic E-state index is 0.160. The van der Waals surface area contributed by atoms with E-state index in [2.05, 4.69) is 31.1 Å². The van der Waals surface area contributed by atoms with Crippen molar-refractivity contribution < 1.29 is 9.53 Å². The molecule has 112 valence electrons. The third-order valence-corrected chi connectivity index (χ3v) is 4.13. The van der Waals surface area contributed by atoms with Crippen LogP contribution >= 0.6 is 0 Å². The molecule has 0 heterocycles. The summed E-state index contributed by atoms with van der Waals surface area (Å²) in [5.74, 6) is -0.160. The quantitative estimate of drug-likeness (QED) is 0.686. The van der Waals surface area contributed by atoms with E-state index in [0.717, 1.165) is 25.4 Å². The van der Waals surface area contributed by atoms with Gasteiger partial charge in [0.1, 0.15) is 5.54 Å². The van der Waals surface area contributed by atoms with Gasteiger partial charge in [-0.2, -0.15) is 0 Å². The highest BCUT2D eigenvalue weighted by molar-refractivity contribution is 5.80. The van der Waals surface area contributed by atoms with Gasteiger partial charge in [-0.1, -0.05) is 6.42 Å². The monoisotopic (exact) mass is 270 g/mol. The van der Waals surface area contributed by atoms with Crippen LogP contribution in [0.5, 0.6) is 0 Å². The Kier molecular flexibility index (Phi) is 6.27. The predicted octanol–water partition coefficient (Wildman–Crippen LogP) is 2.18. The second-order valence-electron chi connectivity index (χ2n) is 6.29. The van der Waals surface area contributed by atoms with Crippen molar-refractivity contribution in [3.63, 3.8) is 0 Å². The van der Waals surface area contributed by atoms with Gasteiger partial charge < -0.3 is 9.64 Å². The van der Waals surface area contributed by atoms with Crippen LogP contribution in [0.2, 0.25) is 0 Å². The molecule has 1 N–H and O–H groups in total. The van der Waals surface area contributed by atoms with Crippen LogP contribution in [-0.2, 0) is 9.53 Å². The summed E-state index contributed by atoms with van der Waals surface area (Å²) in [6.07, 6.45) is 5.85. The molecule has 0 aliphatic heterocycles. The lowest BCUT2D eigenvalue weighted by Gasteiger charge is -2.36. The van der Waals surface area contributed by atoms with Crippen molar-refractivity contribution in [1.82, 2.24) is 10.2 Å². The van der Waals surface area contributed by atoms with E-state index in [-0.39, 0.29) is 12.0 Å². The van der Waals surface area contributed by atoms with E-state index < -0.39 is 5.54 Å². The zero-order valence-electron chi connectivity index (χ0n) is 13.2. The third kappa shape index (κ3) is 4.77. The topological polar surface area (TPSA) is 41.6 Å². The Balaban J connectivity index is 2.41. The Hall–Kier alpha value is -0.610. The Morgan fingerprint density at radius 1 is 1.47 bits per heavy atom. The second-order valence-corrected chi connectivity index (χ2v) is 6.29. The highest BCUT2D eigenvalue weighted by Gasteiger charge is 2.34. The summed E-state index contributed by atoms with van der Waals surface area (Å²) >= 11 is 0. The van der Waals surface area contributed by atoms with Crippen LogP contribution in [0, 0.1) is 0 Å². The summed E-state index contributed by atoms with van der Waals surface area (Å²) in [5.41, 5.74) is -0.566. The van der Waals surface area contributed by atoms with E-state index in [1.165, 1.54) is 26.4 Å². The van der Waals surface area contributed by atoms with Crippen LogP contribution in [0.1, 0.15) is 52.9 Å². The normalized spacial score (nSPS) is 19.3. The lowest BCUT2D eigenvalue weighted by Crippen LogP contribution is -2.53. The van der Waals surface area contributed by atoms with E-state index in [4.69, 9.17) is 4.74 Å². The zero-order valence-corrected chi connectivity index (χ0v) is 13.2. The van der Waals surface area contributed by atoms with E-state index in [1.54, 1.807) is 0 Å². The Bertz CT molecular complexity index is 290. The fourth-order valence-electron chi connectivity index (χ4n) is 2.79. The van der Waals surface area contributed by atoms with Crippen molar-refractivity contribution in [2.75, 3.05) is 20.7 Å². The number of nitrogens with one attached hydrogen (secondary N) is 1. The first-order chi connectivity index (χ1) is 8.89. The molecule has 0 radical (unpaired) electrons. The molecule has 4 heteroatoms. The number of methoxy groups -OCH3 is 1. The molecular formula is C15H30N2O2. The summed E-state index contributed by atoms with van der Waals surface area (Å²) in [5, 5.41) is 3.34. The number of ether oxygens (including phenoxy) is 1. The number of esters is 1. The maximum atomic E-state index is 11.9. The van der Waals surface area contributed by atoms with Crippen molar-refractivity contribution in [2.45, 2.75) is 70.5 Å². The van der Waals surface area contributed by atoms with Crippen molar-refractivity contribution in [3.05, 3.63) is 0 Å². The first-order valence-corrected chi connectivity index (χ1v) is 7.45. The molecule has 0 aromatic carbocycles. The van der Waals surface area contributed by atoms with E-state index in [0.29, 0.717) is 0 Å². The molecule has 1 rings (SSSR count). The van der Waals surface area contributed by atoms with Gasteiger partial charge in [-0.25, -0.2) is 0 Å². The Morgan fingerprint density at radius 2 is 2.11 bits per heavy atom. The van der Waals surface area contributed by atoms with Crippen LogP contribution in [0.15, 0.2) is 0 Å². The van der Waals surface area contributed by atoms with Crippen LogP contribution in [-0.4, -0.2) is 49.2 Å². The molecule has 0 aromatic rings. The molecule has 1 saturated carbocycles. The van der Waals surface area contributed by atoms with Crippen LogP contribution in [0.4, 0.5) is 0 Å². The fourth-order valence-corrected chi connectivity index (χ4v) is 2.79. The summed E-state index contributed by atoms with van der Waals surface area (Å²) < 4.78 is 4.94. The first kappa shape index (κ1) is 16.4. The minimum atomic E-state index is -0.566. The number of nitrogens with zero attached hydrogens (tertiary/aromatic N) is 1. The van der Waals surface area contributed by atoms with Crippen molar-refractivity contribution in [3.8, 4) is 0 Å². The van der Waals surface area contributed by atoms with E-state index in [1.807, 2.05) is 6.92 Å². The fraction of sp³-hybridized carbons (Fsp3) is 0.933. The van der Waals surface area contributed by atoms with Crippen molar-refractivity contribution in [1.29, 1.82) is 0 Å². The van der Waals surface area contributed by atoms with Crippen LogP contribution in [0.25, 0.3) is 0 Å². The molecule has 1 atom stereocenters. The molecule has 19 heavy (non-hydrogen) atoms. The van der Waals surface area contributed by atoms with Gasteiger partial charge in [0.25, 0.3) is 0 Å². The molecule has 1 aliphatic carbocycles. The molecule has 0 saturated heterocycles. The van der Waals surface area contributed by atoms with Gasteiger partial charge in [0.2, 0.25) is 0 Å². The van der Waals surface area contributed by atoms with Gasteiger partial charge in [0.15, 0.2) is 0 Å². The molecule has 1 unspecified atom stereocenters. The highest BCUT2D eigenvalue weighted by Crippen LogP contribution is 2.24. The average Bonchev–Trinajstić information content (AvgIpc) is 2.24. The lowest BCUT2D eigenvalue weighted by molar-refractivity contribution is -0.148. The summed E-state index contributed by atoms with van der Waals surface area (Å²) in [4.78, 5) is 14.4. The average molecular weight is 270 g/mol. The summed E-state index contributed by atoms with van der Waals surface area (Å²) in [6, 6.07) is 1.04. The number of hydrogen-bond donors (Lipinski definition) is 1. The van der Waals surface area contributed by atoms with Gasteiger partial charge >= 0.3 is 5.97 Å². The molecule has 1 aliphatic rings. The number of hydrogen-bond acceptors (Lipinski definition) is 4. The van der Waals surface area contributed by atoms with Crippen molar-refractivity contribution >= 4 is 5.97 Å². The summed E-state index contributed by atoms with van der Waals surface area (Å²) in [7, 11) is 3.65. The standard InChI is InChI=1S/C15H30N2O2/c1-12(2)16-15(3,14(18)19-5)10-7-11-17(4)13-8-6-9-13/h12-13,16H,6-11H2,1-5H3. The van der Waals surface area contributed by atoms with Gasteiger partial charge in [0.05, 0.1) is 7.11 Å². The first-order valence-electron chi connectivity index (χ1n) is 7.45. The number of carbonyl (C=O) groups excluding carboxylic acids is 1. The predicted molar refractivity (Wildman–Crippen MR) is 78.2 cm³/mol. The number of rotatable bonds is 8. The molecule has 0 bridgehead atoms. The maximum Gasteiger partial charge on any atom is 0.325 e. The van der Waals surface area contributed by atoms with Crippen LogP contribution < -0.4 is 5.32 Å². The Labute approximate surface area is 117 Å². The Morgan fingerprint density at radius 3 is 2.53 bits per heavy atom. The van der Waals surface area contributed by atoms with Crippen molar-refractivity contribution in [2.24, 2.45) is 0 Å². The van der Waals surface area contributed by atoms with Gasteiger partial charge in [-0.15, -0.1) is 0 Å². The number of carbonyl (C=O) groups is 1. The second kappa shape index (κ2) is 7.25. The van der Waals surface area contributed by atoms with E-state index >= 15 is 0 Å². The molecule has 0 aromatic heterocycles. The maximum absolute atomic E-state index is 11.9. The molecule has 0 spiro atoms. The third-order valence-electron chi connectivity index (χ3n) is 4.13. The van der Waals surface area contributed by atoms with E-state index in [9.17, 15) is 4.79 Å². The SMILES string of the molecule is COC(=O)C(C)(CCCN(C)C1CCC1)NC(C)C.